The van der Waals surface area contributed by atoms with Gasteiger partial charge in [-0.2, -0.15) is 0 Å². The maximum Gasteiger partial charge on any atom is 0.278 e. The average molecular weight is 389 g/mol. The fourth-order valence-electron chi connectivity index (χ4n) is 4.26. The monoisotopic (exact) mass is 388 g/mol. The molecule has 0 saturated carbocycles. The van der Waals surface area contributed by atoms with Gasteiger partial charge in [-0.15, -0.1) is 0 Å². The summed E-state index contributed by atoms with van der Waals surface area (Å²) in [5, 5.41) is 0. The van der Waals surface area contributed by atoms with Crippen molar-refractivity contribution in [3.8, 4) is 0 Å². The summed E-state index contributed by atoms with van der Waals surface area (Å²) in [6, 6.07) is 14.3. The summed E-state index contributed by atoms with van der Waals surface area (Å²) in [6.07, 6.45) is 3.73. The average Bonchev–Trinajstić information content (AvgIpc) is 2.98. The Kier molecular flexibility index (Phi) is 5.27. The van der Waals surface area contributed by atoms with Gasteiger partial charge in [-0.1, -0.05) is 49.7 Å². The molecular weight excluding hydrogens is 360 g/mol. The van der Waals surface area contributed by atoms with Crippen molar-refractivity contribution in [2.45, 2.75) is 46.5 Å². The van der Waals surface area contributed by atoms with Crippen molar-refractivity contribution in [3.63, 3.8) is 0 Å². The fraction of sp³-hybridized carbons (Fsp3) is 0.360. The minimum absolute atomic E-state index is 0.159. The summed E-state index contributed by atoms with van der Waals surface area (Å²) in [6.45, 7) is 7.41. The second kappa shape index (κ2) is 7.86. The van der Waals surface area contributed by atoms with Crippen molar-refractivity contribution in [1.29, 1.82) is 0 Å². The lowest BCUT2D eigenvalue weighted by atomic mass is 9.97. The maximum atomic E-state index is 13.5. The van der Waals surface area contributed by atoms with Gasteiger partial charge in [0.2, 0.25) is 0 Å². The van der Waals surface area contributed by atoms with Crippen LogP contribution in [0, 0.1) is 13.8 Å². The summed E-state index contributed by atoms with van der Waals surface area (Å²) >= 11 is 0. The van der Waals surface area contributed by atoms with Gasteiger partial charge in [-0.25, -0.2) is 0 Å². The zero-order valence-electron chi connectivity index (χ0n) is 17.5. The number of hydrogen-bond acceptors (Lipinski definition) is 3. The molecule has 0 N–H and O–H groups in total. The SMILES string of the molecule is CCCCN1C(=O)C(c2ccc(C)c(C)c2)=C(N2CCCc3ccccc32)C1=O. The molecule has 4 rings (SSSR count). The van der Waals surface area contributed by atoms with E-state index in [2.05, 4.69) is 30.9 Å². The molecule has 2 aromatic rings. The zero-order chi connectivity index (χ0) is 20.5. The standard InChI is InChI=1S/C25H28N2O2/c1-4-5-14-27-24(28)22(20-13-12-17(2)18(3)16-20)23(25(27)29)26-15-8-10-19-9-6-7-11-21(19)26/h6-7,9,11-13,16H,4-5,8,10,14-15H2,1-3H3. The molecule has 0 bridgehead atoms. The molecule has 0 spiro atoms. The van der Waals surface area contributed by atoms with Crippen LogP contribution in [0.4, 0.5) is 5.69 Å². The topological polar surface area (TPSA) is 40.6 Å². The van der Waals surface area contributed by atoms with Crippen LogP contribution in [0.3, 0.4) is 0 Å². The molecule has 0 atom stereocenters. The maximum absolute atomic E-state index is 13.5. The van der Waals surface area contributed by atoms with Gasteiger partial charge in [0.15, 0.2) is 0 Å². The van der Waals surface area contributed by atoms with E-state index in [-0.39, 0.29) is 11.8 Å². The van der Waals surface area contributed by atoms with Gasteiger partial charge in [0.05, 0.1) is 5.57 Å². The molecule has 2 heterocycles. The Morgan fingerprint density at radius 2 is 1.76 bits per heavy atom. The van der Waals surface area contributed by atoms with Crippen LogP contribution >= 0.6 is 0 Å². The number of unbranched alkanes of at least 4 members (excludes halogenated alkanes) is 1. The first-order valence-corrected chi connectivity index (χ1v) is 10.6. The number of para-hydroxylation sites is 1. The molecular formula is C25H28N2O2. The lowest BCUT2D eigenvalue weighted by Gasteiger charge is -2.32. The van der Waals surface area contributed by atoms with E-state index in [9.17, 15) is 9.59 Å². The fourth-order valence-corrected chi connectivity index (χ4v) is 4.26. The van der Waals surface area contributed by atoms with Crippen LogP contribution in [-0.4, -0.2) is 29.8 Å². The van der Waals surface area contributed by atoms with Crippen molar-refractivity contribution in [2.75, 3.05) is 18.0 Å². The Hall–Kier alpha value is -2.88. The van der Waals surface area contributed by atoms with Gasteiger partial charge < -0.3 is 4.90 Å². The van der Waals surface area contributed by atoms with E-state index in [0.717, 1.165) is 49.0 Å². The highest BCUT2D eigenvalue weighted by Crippen LogP contribution is 2.38. The van der Waals surface area contributed by atoms with Gasteiger partial charge in [-0.05, 0) is 61.4 Å². The summed E-state index contributed by atoms with van der Waals surface area (Å²) in [5.74, 6) is -0.321. The van der Waals surface area contributed by atoms with Crippen LogP contribution < -0.4 is 4.90 Å². The number of carbonyl (C=O) groups is 2. The number of hydrogen-bond donors (Lipinski definition) is 0. The molecule has 2 amide bonds. The highest BCUT2D eigenvalue weighted by molar-refractivity contribution is 6.36. The molecule has 2 aliphatic heterocycles. The predicted molar refractivity (Wildman–Crippen MR) is 117 cm³/mol. The van der Waals surface area contributed by atoms with Crippen LogP contribution in [0.5, 0.6) is 0 Å². The van der Waals surface area contributed by atoms with E-state index in [1.807, 2.05) is 37.3 Å². The molecule has 0 radical (unpaired) electrons. The van der Waals surface area contributed by atoms with Gasteiger partial charge in [0.1, 0.15) is 5.70 Å². The molecule has 2 aliphatic rings. The van der Waals surface area contributed by atoms with Crippen molar-refractivity contribution in [1.82, 2.24) is 4.90 Å². The first-order chi connectivity index (χ1) is 14.0. The second-order valence-corrected chi connectivity index (χ2v) is 8.02. The summed E-state index contributed by atoms with van der Waals surface area (Å²) in [5.41, 5.74) is 6.52. The third-order valence-electron chi connectivity index (χ3n) is 6.05. The van der Waals surface area contributed by atoms with Crippen molar-refractivity contribution < 1.29 is 9.59 Å². The minimum atomic E-state index is -0.162. The Balaban J connectivity index is 1.88. The molecule has 29 heavy (non-hydrogen) atoms. The van der Waals surface area contributed by atoms with Crippen LogP contribution in [-0.2, 0) is 16.0 Å². The van der Waals surface area contributed by atoms with Crippen LogP contribution in [0.2, 0.25) is 0 Å². The Morgan fingerprint density at radius 1 is 0.966 bits per heavy atom. The van der Waals surface area contributed by atoms with Gasteiger partial charge in [-0.3, -0.25) is 14.5 Å². The molecule has 0 aromatic heterocycles. The van der Waals surface area contributed by atoms with E-state index >= 15 is 0 Å². The molecule has 0 saturated heterocycles. The van der Waals surface area contributed by atoms with E-state index < -0.39 is 0 Å². The largest absolute Gasteiger partial charge is 0.336 e. The highest BCUT2D eigenvalue weighted by atomic mass is 16.2. The number of benzene rings is 2. The van der Waals surface area contributed by atoms with E-state index in [1.54, 1.807) is 0 Å². The quantitative estimate of drug-likeness (QED) is 0.701. The van der Waals surface area contributed by atoms with Gasteiger partial charge in [0, 0.05) is 18.8 Å². The lowest BCUT2D eigenvalue weighted by Crippen LogP contribution is -2.37. The van der Waals surface area contributed by atoms with Gasteiger partial charge in [0.25, 0.3) is 11.8 Å². The molecule has 4 nitrogen and oxygen atoms in total. The molecule has 150 valence electrons. The first kappa shape index (κ1) is 19.4. The summed E-state index contributed by atoms with van der Waals surface area (Å²) < 4.78 is 0. The molecule has 0 aliphatic carbocycles. The van der Waals surface area contributed by atoms with E-state index in [0.29, 0.717) is 17.8 Å². The predicted octanol–water partition coefficient (Wildman–Crippen LogP) is 4.64. The van der Waals surface area contributed by atoms with Crippen molar-refractivity contribution in [2.24, 2.45) is 0 Å². The van der Waals surface area contributed by atoms with Gasteiger partial charge >= 0.3 is 0 Å². The number of carbonyl (C=O) groups excluding carboxylic acids is 2. The number of amides is 2. The highest BCUT2D eigenvalue weighted by Gasteiger charge is 2.42. The first-order valence-electron chi connectivity index (χ1n) is 10.6. The number of aryl methyl sites for hydroxylation is 3. The Morgan fingerprint density at radius 3 is 2.52 bits per heavy atom. The number of anilines is 1. The van der Waals surface area contributed by atoms with Crippen LogP contribution in [0.15, 0.2) is 48.2 Å². The molecule has 0 unspecified atom stereocenters. The zero-order valence-corrected chi connectivity index (χ0v) is 17.5. The van der Waals surface area contributed by atoms with Crippen molar-refractivity contribution in [3.05, 3.63) is 70.4 Å². The summed E-state index contributed by atoms with van der Waals surface area (Å²) in [4.78, 5) is 30.4. The minimum Gasteiger partial charge on any atom is -0.336 e. The van der Waals surface area contributed by atoms with Crippen LogP contribution in [0.25, 0.3) is 5.57 Å². The second-order valence-electron chi connectivity index (χ2n) is 8.02. The number of nitrogens with zero attached hydrogens (tertiary/aromatic N) is 2. The number of rotatable bonds is 5. The lowest BCUT2D eigenvalue weighted by molar-refractivity contribution is -0.136. The third-order valence-corrected chi connectivity index (χ3v) is 6.05. The Labute approximate surface area is 172 Å². The van der Waals surface area contributed by atoms with Crippen molar-refractivity contribution >= 4 is 23.1 Å². The van der Waals surface area contributed by atoms with E-state index in [1.165, 1.54) is 16.0 Å². The van der Waals surface area contributed by atoms with E-state index in [4.69, 9.17) is 0 Å². The number of imide groups is 1. The molecule has 4 heteroatoms. The normalized spacial score (nSPS) is 16.7. The van der Waals surface area contributed by atoms with Crippen LogP contribution in [0.1, 0.15) is 48.4 Å². The molecule has 2 aromatic carbocycles. The third kappa shape index (κ3) is 3.37. The smallest absolute Gasteiger partial charge is 0.278 e. The number of fused-ring (bicyclic) bond motifs is 1. The summed E-state index contributed by atoms with van der Waals surface area (Å²) in [7, 11) is 0. The molecule has 0 fully saturated rings. The Bertz CT molecular complexity index is 1010.